The summed E-state index contributed by atoms with van der Waals surface area (Å²) in [4.78, 5) is 16.3. The number of nitrogens with one attached hydrogen (secondary N) is 1. The monoisotopic (exact) mass is 347 g/mol. The van der Waals surface area contributed by atoms with Gasteiger partial charge in [-0.1, -0.05) is 35.6 Å². The van der Waals surface area contributed by atoms with Crippen molar-refractivity contribution in [2.75, 3.05) is 11.1 Å². The van der Waals surface area contributed by atoms with Crippen LogP contribution in [0.15, 0.2) is 66.9 Å². The highest BCUT2D eigenvalue weighted by Crippen LogP contribution is 2.15. The molecule has 0 bridgehead atoms. The second kappa shape index (κ2) is 7.52. The van der Waals surface area contributed by atoms with Crippen molar-refractivity contribution in [2.24, 2.45) is 0 Å². The summed E-state index contributed by atoms with van der Waals surface area (Å²) in [5.74, 6) is 6.16. The number of nitrogens with two attached hydrogens (primary N) is 1. The molecule has 0 fully saturated rings. The largest absolute Gasteiger partial charge is 0.383 e. The van der Waals surface area contributed by atoms with Crippen molar-refractivity contribution < 1.29 is 4.79 Å². The molecule has 5 heteroatoms. The second-order valence-electron chi connectivity index (χ2n) is 5.23. The molecule has 3 rings (SSSR count). The molecule has 0 atom stereocenters. The number of nitrogen functional groups attached to an aromatic ring is 1. The summed E-state index contributed by atoms with van der Waals surface area (Å²) in [6.45, 7) is 0. The van der Waals surface area contributed by atoms with Gasteiger partial charge in [0.1, 0.15) is 5.82 Å². The third-order valence-corrected chi connectivity index (χ3v) is 3.62. The van der Waals surface area contributed by atoms with Crippen LogP contribution in [0.4, 0.5) is 11.5 Å². The Labute approximate surface area is 150 Å². The molecule has 2 aromatic carbocycles. The quantitative estimate of drug-likeness (QED) is 0.689. The highest BCUT2D eigenvalue weighted by Gasteiger charge is 2.06. The molecular formula is C20H14ClN3O. The minimum absolute atomic E-state index is 0.232. The van der Waals surface area contributed by atoms with Crippen LogP contribution in [-0.4, -0.2) is 10.9 Å². The molecule has 0 radical (unpaired) electrons. The van der Waals surface area contributed by atoms with Crippen molar-refractivity contribution in [1.82, 2.24) is 4.98 Å². The van der Waals surface area contributed by atoms with Crippen LogP contribution in [0.5, 0.6) is 0 Å². The third-order valence-electron chi connectivity index (χ3n) is 3.39. The summed E-state index contributed by atoms with van der Waals surface area (Å²) >= 11 is 5.92. The Morgan fingerprint density at radius 3 is 2.68 bits per heavy atom. The Bertz CT molecular complexity index is 989. The summed E-state index contributed by atoms with van der Waals surface area (Å²) in [6.07, 6.45) is 1.62. The van der Waals surface area contributed by atoms with Crippen molar-refractivity contribution in [3.8, 4) is 11.8 Å². The number of hydrogen-bond acceptors (Lipinski definition) is 3. The van der Waals surface area contributed by atoms with E-state index >= 15 is 0 Å². The first-order chi connectivity index (χ1) is 12.1. The van der Waals surface area contributed by atoms with Gasteiger partial charge in [0.05, 0.1) is 5.56 Å². The zero-order valence-corrected chi connectivity index (χ0v) is 13.9. The lowest BCUT2D eigenvalue weighted by molar-refractivity contribution is 0.102. The van der Waals surface area contributed by atoms with Gasteiger partial charge in [-0.3, -0.25) is 4.79 Å². The normalized spacial score (nSPS) is 9.80. The first-order valence-electron chi connectivity index (χ1n) is 7.51. The lowest BCUT2D eigenvalue weighted by atomic mass is 10.1. The molecule has 1 heterocycles. The van der Waals surface area contributed by atoms with Gasteiger partial charge >= 0.3 is 0 Å². The SMILES string of the molecule is Nc1ncccc1C#Cc1cccc(NC(=O)c2cccc(Cl)c2)c1. The lowest BCUT2D eigenvalue weighted by Gasteiger charge is -2.06. The van der Waals surface area contributed by atoms with Crippen LogP contribution in [0.3, 0.4) is 0 Å². The van der Waals surface area contributed by atoms with E-state index in [9.17, 15) is 4.79 Å². The minimum Gasteiger partial charge on any atom is -0.383 e. The highest BCUT2D eigenvalue weighted by atomic mass is 35.5. The van der Waals surface area contributed by atoms with Crippen LogP contribution in [0.2, 0.25) is 5.02 Å². The van der Waals surface area contributed by atoms with Gasteiger partial charge < -0.3 is 11.1 Å². The van der Waals surface area contributed by atoms with E-state index in [-0.39, 0.29) is 5.91 Å². The van der Waals surface area contributed by atoms with Crippen LogP contribution < -0.4 is 11.1 Å². The fourth-order valence-electron chi connectivity index (χ4n) is 2.17. The number of carbonyl (C=O) groups is 1. The van der Waals surface area contributed by atoms with E-state index in [0.717, 1.165) is 5.56 Å². The van der Waals surface area contributed by atoms with Crippen molar-refractivity contribution >= 4 is 29.0 Å². The van der Waals surface area contributed by atoms with E-state index in [4.69, 9.17) is 17.3 Å². The molecule has 0 aliphatic heterocycles. The molecule has 4 nitrogen and oxygen atoms in total. The number of rotatable bonds is 2. The average Bonchev–Trinajstić information content (AvgIpc) is 2.61. The summed E-state index contributed by atoms with van der Waals surface area (Å²) in [5, 5.41) is 3.35. The number of hydrogen-bond donors (Lipinski definition) is 2. The highest BCUT2D eigenvalue weighted by molar-refractivity contribution is 6.31. The molecule has 0 spiro atoms. The minimum atomic E-state index is -0.232. The van der Waals surface area contributed by atoms with E-state index in [1.807, 2.05) is 12.1 Å². The van der Waals surface area contributed by atoms with Gasteiger partial charge in [-0.05, 0) is 48.5 Å². The van der Waals surface area contributed by atoms with Crippen molar-refractivity contribution in [1.29, 1.82) is 0 Å². The fourth-order valence-corrected chi connectivity index (χ4v) is 2.36. The summed E-state index contributed by atoms with van der Waals surface area (Å²) in [6, 6.07) is 17.6. The standard InChI is InChI=1S/C20H14ClN3O/c21-17-7-2-5-16(13-17)20(25)24-18-8-1-4-14(12-18)9-10-15-6-3-11-23-19(15)22/h1-8,11-13H,(H2,22,23)(H,24,25). The maximum absolute atomic E-state index is 12.3. The number of nitrogens with zero attached hydrogens (tertiary/aromatic N) is 1. The number of pyridine rings is 1. The number of anilines is 2. The van der Waals surface area contributed by atoms with Crippen LogP contribution in [-0.2, 0) is 0 Å². The summed E-state index contributed by atoms with van der Waals surface area (Å²) < 4.78 is 0. The van der Waals surface area contributed by atoms with Crippen LogP contribution >= 0.6 is 11.6 Å². The number of benzene rings is 2. The van der Waals surface area contributed by atoms with E-state index in [0.29, 0.717) is 27.7 Å². The molecule has 0 saturated heterocycles. The van der Waals surface area contributed by atoms with Gasteiger partial charge in [0, 0.05) is 28.0 Å². The van der Waals surface area contributed by atoms with Gasteiger partial charge in [-0.15, -0.1) is 0 Å². The van der Waals surface area contributed by atoms with Gasteiger partial charge in [0.2, 0.25) is 0 Å². The molecule has 1 amide bonds. The molecule has 122 valence electrons. The lowest BCUT2D eigenvalue weighted by Crippen LogP contribution is -2.11. The van der Waals surface area contributed by atoms with E-state index < -0.39 is 0 Å². The Balaban J connectivity index is 1.78. The van der Waals surface area contributed by atoms with Crippen molar-refractivity contribution in [3.63, 3.8) is 0 Å². The topological polar surface area (TPSA) is 68.0 Å². The third kappa shape index (κ3) is 4.37. The first-order valence-corrected chi connectivity index (χ1v) is 7.89. The summed E-state index contributed by atoms with van der Waals surface area (Å²) in [7, 11) is 0. The van der Waals surface area contributed by atoms with Gasteiger partial charge in [0.25, 0.3) is 5.91 Å². The maximum atomic E-state index is 12.3. The average molecular weight is 348 g/mol. The number of amides is 1. The van der Waals surface area contributed by atoms with E-state index in [1.54, 1.807) is 54.7 Å². The second-order valence-corrected chi connectivity index (χ2v) is 5.67. The molecule has 0 saturated carbocycles. The van der Waals surface area contributed by atoms with Gasteiger partial charge in [-0.2, -0.15) is 0 Å². The fraction of sp³-hybridized carbons (Fsp3) is 0. The molecule has 0 aliphatic rings. The number of halogens is 1. The van der Waals surface area contributed by atoms with Crippen LogP contribution in [0, 0.1) is 11.8 Å². The van der Waals surface area contributed by atoms with Crippen molar-refractivity contribution in [2.45, 2.75) is 0 Å². The Kier molecular flexibility index (Phi) is 4.98. The predicted molar refractivity (Wildman–Crippen MR) is 100 cm³/mol. The molecule has 3 N–H and O–H groups in total. The molecule has 1 aromatic heterocycles. The zero-order chi connectivity index (χ0) is 17.6. The smallest absolute Gasteiger partial charge is 0.255 e. The molecule has 3 aromatic rings. The maximum Gasteiger partial charge on any atom is 0.255 e. The Hall–Kier alpha value is -3.29. The van der Waals surface area contributed by atoms with Gasteiger partial charge in [-0.25, -0.2) is 4.98 Å². The summed E-state index contributed by atoms with van der Waals surface area (Å²) in [5.41, 5.74) is 8.34. The van der Waals surface area contributed by atoms with Gasteiger partial charge in [0.15, 0.2) is 0 Å². The first kappa shape index (κ1) is 16.6. The molecule has 25 heavy (non-hydrogen) atoms. The molecule has 0 aliphatic carbocycles. The Morgan fingerprint density at radius 2 is 1.88 bits per heavy atom. The molecule has 0 unspecified atom stereocenters. The number of carbonyl (C=O) groups excluding carboxylic acids is 1. The predicted octanol–water partition coefficient (Wildman–Crippen LogP) is 3.97. The van der Waals surface area contributed by atoms with Crippen molar-refractivity contribution in [3.05, 3.63) is 88.6 Å². The number of aromatic nitrogens is 1. The van der Waals surface area contributed by atoms with Crippen LogP contribution in [0.25, 0.3) is 0 Å². The van der Waals surface area contributed by atoms with E-state index in [1.165, 1.54) is 0 Å². The van der Waals surface area contributed by atoms with Crippen LogP contribution in [0.1, 0.15) is 21.5 Å². The van der Waals surface area contributed by atoms with E-state index in [2.05, 4.69) is 22.1 Å². The molecular weight excluding hydrogens is 334 g/mol. The zero-order valence-electron chi connectivity index (χ0n) is 13.2. The Morgan fingerprint density at radius 1 is 1.04 bits per heavy atom.